The molecule has 4 rings (SSSR count). The summed E-state index contributed by atoms with van der Waals surface area (Å²) in [6.45, 7) is 1.34. The minimum atomic E-state index is -0.304. The van der Waals surface area contributed by atoms with Crippen LogP contribution in [-0.4, -0.2) is 76.0 Å². The maximum atomic E-state index is 12.6. The minimum Gasteiger partial charge on any atom is -0.441 e. The number of hydrogen-bond donors (Lipinski definition) is 0. The fourth-order valence-electron chi connectivity index (χ4n) is 3.82. The van der Waals surface area contributed by atoms with E-state index in [0.29, 0.717) is 49.3 Å². The Morgan fingerprint density at radius 3 is 2.25 bits per heavy atom. The first-order valence-electron chi connectivity index (χ1n) is 10.5. The van der Waals surface area contributed by atoms with Crippen LogP contribution in [0.4, 0.5) is 0 Å². The molecule has 0 bridgehead atoms. The number of hydrogen-bond acceptors (Lipinski definition) is 6. The van der Waals surface area contributed by atoms with Crippen LogP contribution in [0.25, 0.3) is 11.3 Å². The molecule has 2 aliphatic heterocycles. The van der Waals surface area contributed by atoms with Crippen LogP contribution in [0, 0.1) is 0 Å². The Hall–Kier alpha value is -3.20. The van der Waals surface area contributed by atoms with Gasteiger partial charge in [0.15, 0.2) is 11.7 Å². The highest BCUT2D eigenvalue weighted by Gasteiger charge is 2.33. The third-order valence-corrected chi connectivity index (χ3v) is 6.01. The first kappa shape index (κ1) is 22.0. The Bertz CT molecular complexity index is 1030. The van der Waals surface area contributed by atoms with Gasteiger partial charge in [0.05, 0.1) is 11.2 Å². The van der Waals surface area contributed by atoms with Crippen molar-refractivity contribution in [3.05, 3.63) is 41.4 Å². The molecule has 0 aliphatic carbocycles. The van der Waals surface area contributed by atoms with Crippen LogP contribution in [0.15, 0.2) is 34.9 Å². The molecule has 9 nitrogen and oxygen atoms in total. The number of benzene rings is 1. The van der Waals surface area contributed by atoms with Crippen LogP contribution in [0.3, 0.4) is 0 Å². The van der Waals surface area contributed by atoms with E-state index in [4.69, 9.17) is 16.0 Å². The molecule has 0 unspecified atom stereocenters. The molecule has 4 amide bonds. The van der Waals surface area contributed by atoms with E-state index in [1.54, 1.807) is 22.1 Å². The molecule has 1 aromatic carbocycles. The summed E-state index contributed by atoms with van der Waals surface area (Å²) in [4.78, 5) is 56.9. The average molecular weight is 459 g/mol. The van der Waals surface area contributed by atoms with Crippen LogP contribution in [0.5, 0.6) is 0 Å². The van der Waals surface area contributed by atoms with Gasteiger partial charge in [0.2, 0.25) is 23.6 Å². The summed E-state index contributed by atoms with van der Waals surface area (Å²) in [5.41, 5.74) is 0.748. The molecule has 168 valence electrons. The number of nitrogens with zero attached hydrogens (tertiary/aromatic N) is 4. The summed E-state index contributed by atoms with van der Waals surface area (Å²) in [7, 11) is 0. The van der Waals surface area contributed by atoms with E-state index in [9.17, 15) is 19.2 Å². The van der Waals surface area contributed by atoms with Gasteiger partial charge >= 0.3 is 0 Å². The second-order valence-electron chi connectivity index (χ2n) is 7.73. The normalized spacial score (nSPS) is 16.7. The molecule has 10 heteroatoms. The zero-order valence-electron chi connectivity index (χ0n) is 17.5. The third-order valence-electron chi connectivity index (χ3n) is 5.68. The van der Waals surface area contributed by atoms with Gasteiger partial charge in [0.25, 0.3) is 0 Å². The topological polar surface area (TPSA) is 104 Å². The average Bonchev–Trinajstić information content (AvgIpc) is 3.40. The molecular weight excluding hydrogens is 436 g/mol. The van der Waals surface area contributed by atoms with Crippen molar-refractivity contribution < 1.29 is 23.6 Å². The maximum absolute atomic E-state index is 12.6. The van der Waals surface area contributed by atoms with Crippen LogP contribution in [0.1, 0.15) is 25.2 Å². The second kappa shape index (κ2) is 9.52. The lowest BCUT2D eigenvalue weighted by atomic mass is 10.2. The lowest BCUT2D eigenvalue weighted by molar-refractivity contribution is -0.147. The molecule has 2 aromatic rings. The van der Waals surface area contributed by atoms with E-state index in [-0.39, 0.29) is 49.4 Å². The van der Waals surface area contributed by atoms with Crippen LogP contribution < -0.4 is 0 Å². The fourth-order valence-corrected chi connectivity index (χ4v) is 4.05. The predicted octanol–water partition coefficient (Wildman–Crippen LogP) is 1.75. The van der Waals surface area contributed by atoms with Crippen molar-refractivity contribution >= 4 is 35.2 Å². The lowest BCUT2D eigenvalue weighted by Gasteiger charge is -2.35. The number of oxazole rings is 1. The summed E-state index contributed by atoms with van der Waals surface area (Å²) < 4.78 is 5.74. The number of rotatable bonds is 6. The molecule has 2 saturated heterocycles. The van der Waals surface area contributed by atoms with Crippen LogP contribution in [0.2, 0.25) is 5.02 Å². The summed E-state index contributed by atoms with van der Waals surface area (Å²) >= 11 is 6.18. The second-order valence-corrected chi connectivity index (χ2v) is 8.14. The highest BCUT2D eigenvalue weighted by Crippen LogP contribution is 2.28. The van der Waals surface area contributed by atoms with Crippen molar-refractivity contribution in [3.63, 3.8) is 0 Å². The molecule has 2 aliphatic rings. The number of piperazine rings is 1. The number of carbonyl (C=O) groups excluding carboxylic acids is 4. The number of likely N-dealkylation sites (tertiary alicyclic amines) is 1. The Labute approximate surface area is 189 Å². The zero-order valence-corrected chi connectivity index (χ0v) is 18.2. The van der Waals surface area contributed by atoms with Gasteiger partial charge in [-0.3, -0.25) is 24.1 Å². The molecule has 0 N–H and O–H groups in total. The van der Waals surface area contributed by atoms with E-state index in [2.05, 4.69) is 4.98 Å². The monoisotopic (exact) mass is 458 g/mol. The number of aromatic nitrogens is 1. The van der Waals surface area contributed by atoms with Gasteiger partial charge in [-0.05, 0) is 12.1 Å². The third kappa shape index (κ3) is 4.83. The highest BCUT2D eigenvalue weighted by atomic mass is 35.5. The van der Waals surface area contributed by atoms with E-state index >= 15 is 0 Å². The van der Waals surface area contributed by atoms with E-state index in [0.717, 1.165) is 10.5 Å². The predicted molar refractivity (Wildman–Crippen MR) is 114 cm³/mol. The van der Waals surface area contributed by atoms with Crippen LogP contribution in [-0.2, 0) is 25.6 Å². The SMILES string of the molecule is O=C(CCc1ncc(-c2ccccc2Cl)o1)N1CCN(C(=O)CN2C(=O)CCC2=O)CC1. The molecule has 1 aromatic heterocycles. The number of imide groups is 1. The standard InChI is InChI=1S/C22H23ClN4O5/c23-16-4-2-1-3-15(16)17-13-24-18(32-17)5-6-19(28)25-9-11-26(12-10-25)22(31)14-27-20(29)7-8-21(27)30/h1-4,13H,5-12,14H2. The van der Waals surface area contributed by atoms with Crippen molar-refractivity contribution in [2.45, 2.75) is 25.7 Å². The summed E-state index contributed by atoms with van der Waals surface area (Å²) in [6, 6.07) is 7.31. The Morgan fingerprint density at radius 1 is 0.969 bits per heavy atom. The van der Waals surface area contributed by atoms with Crippen LogP contribution >= 0.6 is 11.6 Å². The van der Waals surface area contributed by atoms with Crippen molar-refractivity contribution in [1.29, 1.82) is 0 Å². The van der Waals surface area contributed by atoms with Gasteiger partial charge in [0.1, 0.15) is 6.54 Å². The van der Waals surface area contributed by atoms with Gasteiger partial charge in [-0.1, -0.05) is 23.7 Å². The quantitative estimate of drug-likeness (QED) is 0.611. The number of aryl methyl sites for hydroxylation is 1. The molecule has 32 heavy (non-hydrogen) atoms. The molecular formula is C22H23ClN4O5. The maximum Gasteiger partial charge on any atom is 0.242 e. The van der Waals surface area contributed by atoms with Crippen molar-refractivity contribution in [2.75, 3.05) is 32.7 Å². The smallest absolute Gasteiger partial charge is 0.242 e. The molecule has 0 radical (unpaired) electrons. The largest absolute Gasteiger partial charge is 0.441 e. The minimum absolute atomic E-state index is 0.0421. The molecule has 0 atom stereocenters. The first-order chi connectivity index (χ1) is 15.4. The van der Waals surface area contributed by atoms with Crippen molar-refractivity contribution in [2.24, 2.45) is 0 Å². The fraction of sp³-hybridized carbons (Fsp3) is 0.409. The highest BCUT2D eigenvalue weighted by molar-refractivity contribution is 6.33. The summed E-state index contributed by atoms with van der Waals surface area (Å²) in [5, 5.41) is 0.567. The Balaban J connectivity index is 1.24. The van der Waals surface area contributed by atoms with Gasteiger partial charge < -0.3 is 14.2 Å². The van der Waals surface area contributed by atoms with Crippen molar-refractivity contribution in [3.8, 4) is 11.3 Å². The van der Waals surface area contributed by atoms with Gasteiger partial charge in [0, 0.05) is 57.4 Å². The Kier molecular flexibility index (Phi) is 6.55. The lowest BCUT2D eigenvalue weighted by Crippen LogP contribution is -2.53. The van der Waals surface area contributed by atoms with E-state index in [1.165, 1.54) is 0 Å². The van der Waals surface area contributed by atoms with Gasteiger partial charge in [-0.25, -0.2) is 4.98 Å². The number of carbonyl (C=O) groups is 4. The molecule has 2 fully saturated rings. The molecule has 3 heterocycles. The zero-order chi connectivity index (χ0) is 22.7. The van der Waals surface area contributed by atoms with E-state index < -0.39 is 0 Å². The molecule has 0 saturated carbocycles. The summed E-state index contributed by atoms with van der Waals surface area (Å²) in [6.07, 6.45) is 2.54. The van der Waals surface area contributed by atoms with Gasteiger partial charge in [-0.15, -0.1) is 0 Å². The van der Waals surface area contributed by atoms with Gasteiger partial charge in [-0.2, -0.15) is 0 Å². The number of halogens is 1. The summed E-state index contributed by atoms with van der Waals surface area (Å²) in [5.74, 6) is 0.0945. The first-order valence-corrected chi connectivity index (χ1v) is 10.9. The molecule has 0 spiro atoms. The Morgan fingerprint density at radius 2 is 1.59 bits per heavy atom. The van der Waals surface area contributed by atoms with E-state index in [1.807, 2.05) is 18.2 Å². The van der Waals surface area contributed by atoms with Crippen molar-refractivity contribution in [1.82, 2.24) is 19.7 Å². The number of amides is 4.